The highest BCUT2D eigenvalue weighted by atomic mass is 19.1. The van der Waals surface area contributed by atoms with Crippen LogP contribution in [0.4, 0.5) is 8.78 Å². The number of carbonyl (C=O) groups excluding carboxylic acids is 2. The highest BCUT2D eigenvalue weighted by Crippen LogP contribution is 2.20. The molecule has 1 unspecified atom stereocenters. The topological polar surface area (TPSA) is 58.2 Å². The standard InChI is InChI=1S/C25H24F2N2O2/c26-21-10-4-8-19(14-21)15-23(20-9-5-11-22(27)17-20)29-24(30)12-13-28-25(31)16-18-6-2-1-3-7-18/h1-11,14,17,23H,12-13,15-16H2,(H,28,31)(H,29,30). The molecule has 0 radical (unpaired) electrons. The van der Waals surface area contributed by atoms with Crippen LogP contribution in [0.3, 0.4) is 0 Å². The molecule has 1 atom stereocenters. The average Bonchev–Trinajstić information content (AvgIpc) is 2.74. The summed E-state index contributed by atoms with van der Waals surface area (Å²) in [6, 6.07) is 20.9. The molecule has 31 heavy (non-hydrogen) atoms. The van der Waals surface area contributed by atoms with E-state index < -0.39 is 11.9 Å². The maximum Gasteiger partial charge on any atom is 0.224 e. The first-order valence-electron chi connectivity index (χ1n) is 10.1. The van der Waals surface area contributed by atoms with Crippen LogP contribution in [0.5, 0.6) is 0 Å². The van der Waals surface area contributed by atoms with Crippen LogP contribution in [-0.2, 0) is 22.4 Å². The predicted molar refractivity (Wildman–Crippen MR) is 115 cm³/mol. The van der Waals surface area contributed by atoms with Crippen molar-refractivity contribution in [3.63, 3.8) is 0 Å². The minimum absolute atomic E-state index is 0.0789. The second-order valence-corrected chi connectivity index (χ2v) is 7.27. The van der Waals surface area contributed by atoms with Gasteiger partial charge in [0.25, 0.3) is 0 Å². The van der Waals surface area contributed by atoms with Crippen molar-refractivity contribution < 1.29 is 18.4 Å². The van der Waals surface area contributed by atoms with Crippen LogP contribution in [0.15, 0.2) is 78.9 Å². The molecule has 160 valence electrons. The molecule has 2 amide bonds. The lowest BCUT2D eigenvalue weighted by Crippen LogP contribution is -2.34. The highest BCUT2D eigenvalue weighted by Gasteiger charge is 2.16. The molecule has 0 saturated heterocycles. The number of rotatable bonds is 9. The quantitative estimate of drug-likeness (QED) is 0.545. The zero-order valence-electron chi connectivity index (χ0n) is 17.0. The Labute approximate surface area is 180 Å². The van der Waals surface area contributed by atoms with Gasteiger partial charge < -0.3 is 10.6 Å². The lowest BCUT2D eigenvalue weighted by atomic mass is 9.98. The summed E-state index contributed by atoms with van der Waals surface area (Å²) < 4.78 is 27.3. The number of amides is 2. The Hall–Kier alpha value is -3.54. The summed E-state index contributed by atoms with van der Waals surface area (Å²) in [5.41, 5.74) is 2.17. The molecule has 0 aliphatic carbocycles. The van der Waals surface area contributed by atoms with Gasteiger partial charge in [-0.1, -0.05) is 54.6 Å². The fourth-order valence-corrected chi connectivity index (χ4v) is 3.30. The lowest BCUT2D eigenvalue weighted by Gasteiger charge is -2.20. The number of benzene rings is 3. The Kier molecular flexibility index (Phi) is 7.87. The molecule has 3 aromatic rings. The normalized spacial score (nSPS) is 11.5. The number of hydrogen-bond acceptors (Lipinski definition) is 2. The first kappa shape index (κ1) is 22.2. The van der Waals surface area contributed by atoms with Crippen molar-refractivity contribution in [1.29, 1.82) is 0 Å². The summed E-state index contributed by atoms with van der Waals surface area (Å²) in [6.07, 6.45) is 0.636. The third-order valence-electron chi connectivity index (χ3n) is 4.80. The van der Waals surface area contributed by atoms with Crippen molar-refractivity contribution in [1.82, 2.24) is 10.6 Å². The smallest absolute Gasteiger partial charge is 0.224 e. The molecule has 3 aromatic carbocycles. The van der Waals surface area contributed by atoms with Gasteiger partial charge in [0.2, 0.25) is 11.8 Å². The summed E-state index contributed by atoms with van der Waals surface area (Å²) in [5.74, 6) is -1.24. The minimum atomic E-state index is -0.523. The van der Waals surface area contributed by atoms with Crippen molar-refractivity contribution in [3.05, 3.63) is 107 Å². The Morgan fingerprint density at radius 3 is 2.16 bits per heavy atom. The van der Waals surface area contributed by atoms with Gasteiger partial charge in [-0.05, 0) is 47.4 Å². The van der Waals surface area contributed by atoms with Gasteiger partial charge in [-0.25, -0.2) is 8.78 Å². The van der Waals surface area contributed by atoms with Crippen molar-refractivity contribution in [2.45, 2.75) is 25.3 Å². The van der Waals surface area contributed by atoms with Gasteiger partial charge in [0.15, 0.2) is 0 Å². The van der Waals surface area contributed by atoms with E-state index in [0.29, 0.717) is 17.5 Å². The van der Waals surface area contributed by atoms with Crippen molar-refractivity contribution >= 4 is 11.8 Å². The molecule has 4 nitrogen and oxygen atoms in total. The van der Waals surface area contributed by atoms with Gasteiger partial charge >= 0.3 is 0 Å². The Morgan fingerprint density at radius 1 is 0.774 bits per heavy atom. The number of carbonyl (C=O) groups is 2. The number of hydrogen-bond donors (Lipinski definition) is 2. The Morgan fingerprint density at radius 2 is 1.45 bits per heavy atom. The number of halogens is 2. The molecule has 2 N–H and O–H groups in total. The van der Waals surface area contributed by atoms with Crippen LogP contribution in [0.2, 0.25) is 0 Å². The summed E-state index contributed by atoms with van der Waals surface area (Å²) in [6.45, 7) is 0.188. The van der Waals surface area contributed by atoms with Gasteiger partial charge in [-0.3, -0.25) is 9.59 Å². The van der Waals surface area contributed by atoms with Crippen molar-refractivity contribution in [2.75, 3.05) is 6.54 Å². The average molecular weight is 422 g/mol. The third kappa shape index (κ3) is 7.33. The van der Waals surface area contributed by atoms with Crippen LogP contribution in [0.25, 0.3) is 0 Å². The zero-order chi connectivity index (χ0) is 22.1. The third-order valence-corrected chi connectivity index (χ3v) is 4.80. The van der Waals surface area contributed by atoms with E-state index in [2.05, 4.69) is 10.6 Å². The molecule has 0 bridgehead atoms. The van der Waals surface area contributed by atoms with Gasteiger partial charge in [0, 0.05) is 13.0 Å². The van der Waals surface area contributed by atoms with Gasteiger partial charge in [-0.15, -0.1) is 0 Å². The Bertz CT molecular complexity index is 1020. The fraction of sp³-hybridized carbons (Fsp3) is 0.200. The van der Waals surface area contributed by atoms with Crippen LogP contribution < -0.4 is 10.6 Å². The van der Waals surface area contributed by atoms with Crippen LogP contribution in [-0.4, -0.2) is 18.4 Å². The Balaban J connectivity index is 1.57. The van der Waals surface area contributed by atoms with E-state index in [0.717, 1.165) is 5.56 Å². The summed E-state index contributed by atoms with van der Waals surface area (Å²) in [7, 11) is 0. The molecule has 0 aliphatic heterocycles. The van der Waals surface area contributed by atoms with Crippen molar-refractivity contribution in [3.8, 4) is 0 Å². The fourth-order valence-electron chi connectivity index (χ4n) is 3.30. The highest BCUT2D eigenvalue weighted by molar-refractivity contribution is 5.80. The first-order valence-corrected chi connectivity index (χ1v) is 10.1. The SMILES string of the molecule is O=C(Cc1ccccc1)NCCC(=O)NC(Cc1cccc(F)c1)c1cccc(F)c1. The maximum atomic E-state index is 13.7. The molecular formula is C25H24F2N2O2. The largest absolute Gasteiger partial charge is 0.355 e. The van der Waals surface area contributed by atoms with Gasteiger partial charge in [-0.2, -0.15) is 0 Å². The number of nitrogens with one attached hydrogen (secondary N) is 2. The predicted octanol–water partition coefficient (Wildman–Crippen LogP) is 4.11. The molecule has 0 spiro atoms. The van der Waals surface area contributed by atoms with Gasteiger partial charge in [0.1, 0.15) is 11.6 Å². The minimum Gasteiger partial charge on any atom is -0.355 e. The van der Waals surface area contributed by atoms with Crippen LogP contribution >= 0.6 is 0 Å². The van der Waals surface area contributed by atoms with Crippen molar-refractivity contribution in [2.24, 2.45) is 0 Å². The molecule has 0 fully saturated rings. The summed E-state index contributed by atoms with van der Waals surface area (Å²) >= 11 is 0. The summed E-state index contributed by atoms with van der Waals surface area (Å²) in [4.78, 5) is 24.5. The zero-order valence-corrected chi connectivity index (χ0v) is 17.0. The van der Waals surface area contributed by atoms with Crippen LogP contribution in [0, 0.1) is 11.6 Å². The second kappa shape index (κ2) is 11.0. The van der Waals surface area contributed by atoms with E-state index in [1.165, 1.54) is 24.3 Å². The molecule has 0 heterocycles. The molecular weight excluding hydrogens is 398 g/mol. The maximum absolute atomic E-state index is 13.7. The van der Waals surface area contributed by atoms with Gasteiger partial charge in [0.05, 0.1) is 12.5 Å². The van der Waals surface area contributed by atoms with E-state index in [-0.39, 0.29) is 37.0 Å². The van der Waals surface area contributed by atoms with E-state index in [9.17, 15) is 18.4 Å². The molecule has 0 aromatic heterocycles. The van der Waals surface area contributed by atoms with E-state index in [1.807, 2.05) is 30.3 Å². The van der Waals surface area contributed by atoms with E-state index >= 15 is 0 Å². The molecule has 3 rings (SSSR count). The lowest BCUT2D eigenvalue weighted by molar-refractivity contribution is -0.122. The van der Waals surface area contributed by atoms with E-state index in [4.69, 9.17) is 0 Å². The molecule has 0 aliphatic rings. The monoisotopic (exact) mass is 422 g/mol. The van der Waals surface area contributed by atoms with Crippen LogP contribution in [0.1, 0.15) is 29.2 Å². The first-order chi connectivity index (χ1) is 15.0. The summed E-state index contributed by atoms with van der Waals surface area (Å²) in [5, 5.41) is 5.60. The second-order valence-electron chi connectivity index (χ2n) is 7.27. The van der Waals surface area contributed by atoms with E-state index in [1.54, 1.807) is 24.3 Å². The molecule has 6 heteroatoms. The molecule has 0 saturated carbocycles.